The van der Waals surface area contributed by atoms with Crippen LogP contribution in [0.5, 0.6) is 0 Å². The first-order valence-electron chi connectivity index (χ1n) is 5.17. The van der Waals surface area contributed by atoms with Crippen LogP contribution in [0, 0.1) is 21.4 Å². The molecule has 0 heterocycles. The van der Waals surface area contributed by atoms with E-state index in [1.54, 1.807) is 18.2 Å². The number of rotatable bonds is 2. The van der Waals surface area contributed by atoms with Gasteiger partial charge in [-0.2, -0.15) is 5.26 Å². The normalized spacial score (nSPS) is 9.95. The number of benzene rings is 2. The molecule has 0 aliphatic carbocycles. The zero-order valence-electron chi connectivity index (χ0n) is 9.43. The van der Waals surface area contributed by atoms with Crippen LogP contribution in [-0.4, -0.2) is 4.92 Å². The summed E-state index contributed by atoms with van der Waals surface area (Å²) in [5.74, 6) is 0. The van der Waals surface area contributed by atoms with E-state index in [9.17, 15) is 10.1 Å². The molecule has 0 saturated heterocycles. The summed E-state index contributed by atoms with van der Waals surface area (Å²) in [5, 5.41) is 20.7. The summed E-state index contributed by atoms with van der Waals surface area (Å²) in [4.78, 5) is 10.1. The van der Waals surface area contributed by atoms with Gasteiger partial charge < -0.3 is 0 Å². The second kappa shape index (κ2) is 5.27. The number of nitro benzene ring substituents is 1. The standard InChI is InChI=1S/C13H6Cl2N2O2/c14-9-1-4-13(15)12(6-9)11-3-2-10(17(18)19)5-8(11)7-16/h1-6H. The summed E-state index contributed by atoms with van der Waals surface area (Å²) in [6.07, 6.45) is 0. The molecule has 19 heavy (non-hydrogen) atoms. The van der Waals surface area contributed by atoms with Crippen molar-refractivity contribution in [1.29, 1.82) is 5.26 Å². The largest absolute Gasteiger partial charge is 0.270 e. The van der Waals surface area contributed by atoms with Crippen LogP contribution in [0.25, 0.3) is 11.1 Å². The third-order valence-corrected chi connectivity index (χ3v) is 3.12. The summed E-state index contributed by atoms with van der Waals surface area (Å²) < 4.78 is 0. The zero-order valence-corrected chi connectivity index (χ0v) is 10.9. The summed E-state index contributed by atoms with van der Waals surface area (Å²) in [7, 11) is 0. The average Bonchev–Trinajstić information content (AvgIpc) is 2.40. The van der Waals surface area contributed by atoms with E-state index >= 15 is 0 Å². The molecule has 0 bridgehead atoms. The lowest BCUT2D eigenvalue weighted by atomic mass is 10.00. The summed E-state index contributed by atoms with van der Waals surface area (Å²) in [6.45, 7) is 0. The van der Waals surface area contributed by atoms with Crippen molar-refractivity contribution in [2.75, 3.05) is 0 Å². The highest BCUT2D eigenvalue weighted by Crippen LogP contribution is 2.34. The van der Waals surface area contributed by atoms with E-state index in [2.05, 4.69) is 0 Å². The second-order valence-corrected chi connectivity index (χ2v) is 4.57. The molecule has 6 heteroatoms. The SMILES string of the molecule is N#Cc1cc([N+](=O)[O-])ccc1-c1cc(Cl)ccc1Cl. The number of hydrogen-bond donors (Lipinski definition) is 0. The minimum Gasteiger partial charge on any atom is -0.258 e. The second-order valence-electron chi connectivity index (χ2n) is 3.72. The van der Waals surface area contributed by atoms with E-state index in [0.717, 1.165) is 0 Å². The summed E-state index contributed by atoms with van der Waals surface area (Å²) >= 11 is 12.0. The van der Waals surface area contributed by atoms with Crippen molar-refractivity contribution < 1.29 is 4.92 Å². The quantitative estimate of drug-likeness (QED) is 0.607. The van der Waals surface area contributed by atoms with Crippen LogP contribution in [0.3, 0.4) is 0 Å². The monoisotopic (exact) mass is 292 g/mol. The molecule has 0 atom stereocenters. The van der Waals surface area contributed by atoms with Gasteiger partial charge in [0.2, 0.25) is 0 Å². The Morgan fingerprint density at radius 3 is 2.47 bits per heavy atom. The van der Waals surface area contributed by atoms with E-state index in [-0.39, 0.29) is 11.3 Å². The maximum absolute atomic E-state index is 10.7. The molecule has 4 nitrogen and oxygen atoms in total. The summed E-state index contributed by atoms with van der Waals surface area (Å²) in [6, 6.07) is 10.8. The lowest BCUT2D eigenvalue weighted by Crippen LogP contribution is -1.91. The molecule has 0 spiro atoms. The van der Waals surface area contributed by atoms with Crippen molar-refractivity contribution >= 4 is 28.9 Å². The molecule has 2 aromatic carbocycles. The third kappa shape index (κ3) is 2.68. The molecule has 2 rings (SSSR count). The summed E-state index contributed by atoms with van der Waals surface area (Å²) in [5.41, 5.74) is 1.12. The maximum atomic E-state index is 10.7. The highest BCUT2D eigenvalue weighted by Gasteiger charge is 2.14. The molecule has 94 valence electrons. The minimum atomic E-state index is -0.551. The van der Waals surface area contributed by atoms with Gasteiger partial charge in [-0.3, -0.25) is 10.1 Å². The van der Waals surface area contributed by atoms with E-state index in [1.807, 2.05) is 6.07 Å². The Morgan fingerprint density at radius 2 is 1.84 bits per heavy atom. The van der Waals surface area contributed by atoms with E-state index in [0.29, 0.717) is 21.2 Å². The molecule has 0 N–H and O–H groups in total. The molecule has 0 fully saturated rings. The van der Waals surface area contributed by atoms with Gasteiger partial charge in [-0.05, 0) is 24.3 Å². The van der Waals surface area contributed by atoms with Crippen LogP contribution in [0.2, 0.25) is 10.0 Å². The van der Waals surface area contributed by atoms with Gasteiger partial charge in [0, 0.05) is 33.3 Å². The van der Waals surface area contributed by atoms with Gasteiger partial charge in [0.1, 0.15) is 6.07 Å². The van der Waals surface area contributed by atoms with Crippen molar-refractivity contribution in [3.8, 4) is 17.2 Å². The molecule has 0 amide bonds. The smallest absolute Gasteiger partial charge is 0.258 e. The molecular formula is C13H6Cl2N2O2. The van der Waals surface area contributed by atoms with Gasteiger partial charge in [-0.25, -0.2) is 0 Å². The van der Waals surface area contributed by atoms with E-state index in [4.69, 9.17) is 28.5 Å². The number of non-ortho nitro benzene ring substituents is 1. The van der Waals surface area contributed by atoms with Gasteiger partial charge in [-0.1, -0.05) is 23.2 Å². The van der Waals surface area contributed by atoms with Crippen molar-refractivity contribution in [3.05, 3.63) is 62.1 Å². The third-order valence-electron chi connectivity index (χ3n) is 2.55. The maximum Gasteiger partial charge on any atom is 0.270 e. The number of halogens is 2. The van der Waals surface area contributed by atoms with Crippen LogP contribution in [-0.2, 0) is 0 Å². The van der Waals surface area contributed by atoms with Crippen molar-refractivity contribution in [2.24, 2.45) is 0 Å². The molecule has 0 unspecified atom stereocenters. The minimum absolute atomic E-state index is 0.140. The molecule has 0 aliphatic heterocycles. The van der Waals surface area contributed by atoms with Gasteiger partial charge in [0.15, 0.2) is 0 Å². The highest BCUT2D eigenvalue weighted by molar-refractivity contribution is 6.35. The molecule has 0 aliphatic rings. The number of hydrogen-bond acceptors (Lipinski definition) is 3. The Labute approximate surface area is 119 Å². The zero-order chi connectivity index (χ0) is 14.0. The highest BCUT2D eigenvalue weighted by atomic mass is 35.5. The Bertz CT molecular complexity index is 708. The number of nitro groups is 1. The molecule has 0 saturated carbocycles. The predicted octanol–water partition coefficient (Wildman–Crippen LogP) is 4.44. The van der Waals surface area contributed by atoms with E-state index in [1.165, 1.54) is 18.2 Å². The van der Waals surface area contributed by atoms with Crippen LogP contribution in [0.1, 0.15) is 5.56 Å². The Balaban J connectivity index is 2.66. The fourth-order valence-corrected chi connectivity index (χ4v) is 2.07. The van der Waals surface area contributed by atoms with Crippen LogP contribution in [0.15, 0.2) is 36.4 Å². The molecular weight excluding hydrogens is 287 g/mol. The Morgan fingerprint density at radius 1 is 1.11 bits per heavy atom. The topological polar surface area (TPSA) is 66.9 Å². The first-order chi connectivity index (χ1) is 9.02. The lowest BCUT2D eigenvalue weighted by molar-refractivity contribution is -0.384. The van der Waals surface area contributed by atoms with E-state index < -0.39 is 4.92 Å². The van der Waals surface area contributed by atoms with Gasteiger partial charge >= 0.3 is 0 Å². The Kier molecular flexibility index (Phi) is 3.70. The predicted molar refractivity (Wildman–Crippen MR) is 73.3 cm³/mol. The average molecular weight is 293 g/mol. The fourth-order valence-electron chi connectivity index (χ4n) is 1.68. The molecule has 2 aromatic rings. The first-order valence-corrected chi connectivity index (χ1v) is 5.92. The fraction of sp³-hybridized carbons (Fsp3) is 0. The van der Waals surface area contributed by atoms with Gasteiger partial charge in [0.25, 0.3) is 5.69 Å². The van der Waals surface area contributed by atoms with Crippen LogP contribution < -0.4 is 0 Å². The van der Waals surface area contributed by atoms with Crippen molar-refractivity contribution in [1.82, 2.24) is 0 Å². The van der Waals surface area contributed by atoms with Gasteiger partial charge in [0.05, 0.1) is 10.5 Å². The Hall–Kier alpha value is -2.09. The lowest BCUT2D eigenvalue weighted by Gasteiger charge is -2.07. The van der Waals surface area contributed by atoms with Crippen molar-refractivity contribution in [2.45, 2.75) is 0 Å². The first kappa shape index (κ1) is 13.3. The van der Waals surface area contributed by atoms with Gasteiger partial charge in [-0.15, -0.1) is 0 Å². The molecule has 0 radical (unpaired) electrons. The van der Waals surface area contributed by atoms with Crippen LogP contribution in [0.4, 0.5) is 5.69 Å². The van der Waals surface area contributed by atoms with Crippen LogP contribution >= 0.6 is 23.2 Å². The molecule has 0 aromatic heterocycles. The number of nitriles is 1. The van der Waals surface area contributed by atoms with Crippen molar-refractivity contribution in [3.63, 3.8) is 0 Å². The number of nitrogens with zero attached hydrogens (tertiary/aromatic N) is 2.